The largest absolute Gasteiger partial charge is 0.504 e. The molecule has 5 atom stereocenters. The van der Waals surface area contributed by atoms with Gasteiger partial charge in [0.25, 0.3) is 0 Å². The van der Waals surface area contributed by atoms with E-state index >= 15 is 0 Å². The second-order valence-corrected chi connectivity index (χ2v) is 8.99. The Balaban J connectivity index is 1.58. The van der Waals surface area contributed by atoms with Crippen LogP contribution in [0.2, 0.25) is 0 Å². The van der Waals surface area contributed by atoms with Crippen LogP contribution >= 0.6 is 0 Å². The fourth-order valence-corrected chi connectivity index (χ4v) is 6.32. The number of hydrogen-bond donors (Lipinski definition) is 1. The molecule has 1 N–H and O–H groups in total. The first-order valence-electron chi connectivity index (χ1n) is 10.6. The fourth-order valence-electron chi connectivity index (χ4n) is 6.32. The van der Waals surface area contributed by atoms with E-state index in [4.69, 9.17) is 9.47 Å². The van der Waals surface area contributed by atoms with E-state index in [1.54, 1.807) is 7.11 Å². The minimum absolute atomic E-state index is 0.0271. The van der Waals surface area contributed by atoms with Crippen molar-refractivity contribution in [3.05, 3.63) is 23.3 Å². The number of ether oxygens (including phenoxy) is 2. The van der Waals surface area contributed by atoms with Gasteiger partial charge in [-0.25, -0.2) is 0 Å². The molecule has 0 aromatic heterocycles. The van der Waals surface area contributed by atoms with E-state index in [9.17, 15) is 9.90 Å². The molecule has 2 saturated carbocycles. The van der Waals surface area contributed by atoms with Crippen molar-refractivity contribution in [3.63, 3.8) is 0 Å². The number of aromatic hydroxyl groups is 1. The van der Waals surface area contributed by atoms with Crippen LogP contribution in [-0.2, 0) is 16.0 Å². The number of rotatable bonds is 4. The van der Waals surface area contributed by atoms with Crippen LogP contribution in [0.5, 0.6) is 11.5 Å². The first-order chi connectivity index (χ1) is 13.0. The maximum absolute atomic E-state index is 12.1. The van der Waals surface area contributed by atoms with Crippen LogP contribution in [0.4, 0.5) is 0 Å². The summed E-state index contributed by atoms with van der Waals surface area (Å²) in [7, 11) is 1.62. The number of methoxy groups -OCH3 is 1. The van der Waals surface area contributed by atoms with Gasteiger partial charge in [-0.1, -0.05) is 13.8 Å². The molecule has 1 aromatic carbocycles. The van der Waals surface area contributed by atoms with Crippen LogP contribution < -0.4 is 4.74 Å². The summed E-state index contributed by atoms with van der Waals surface area (Å²) in [6, 6.07) is 3.97. The Labute approximate surface area is 162 Å². The first-order valence-corrected chi connectivity index (χ1v) is 10.6. The zero-order valence-electron chi connectivity index (χ0n) is 16.8. The van der Waals surface area contributed by atoms with Crippen molar-refractivity contribution < 1.29 is 19.4 Å². The number of esters is 1. The summed E-state index contributed by atoms with van der Waals surface area (Å²) in [6.45, 7) is 4.38. The minimum atomic E-state index is -0.0271. The fraction of sp³-hybridized carbons (Fsp3) is 0.696. The van der Waals surface area contributed by atoms with Gasteiger partial charge >= 0.3 is 5.97 Å². The Morgan fingerprint density at radius 3 is 2.81 bits per heavy atom. The molecule has 0 amide bonds. The first kappa shape index (κ1) is 18.6. The molecule has 4 heteroatoms. The van der Waals surface area contributed by atoms with Crippen molar-refractivity contribution >= 4 is 5.97 Å². The number of phenols is 1. The number of aryl methyl sites for hydroxylation is 1. The van der Waals surface area contributed by atoms with Crippen molar-refractivity contribution in [1.82, 2.24) is 0 Å². The summed E-state index contributed by atoms with van der Waals surface area (Å²) in [4.78, 5) is 12.1. The Kier molecular flexibility index (Phi) is 4.85. The highest BCUT2D eigenvalue weighted by molar-refractivity contribution is 5.69. The topological polar surface area (TPSA) is 55.8 Å². The summed E-state index contributed by atoms with van der Waals surface area (Å²) in [5.41, 5.74) is 2.76. The van der Waals surface area contributed by atoms with Gasteiger partial charge < -0.3 is 14.6 Å². The predicted molar refractivity (Wildman–Crippen MR) is 104 cm³/mol. The lowest BCUT2D eigenvalue weighted by molar-refractivity contribution is -0.157. The second kappa shape index (κ2) is 7.03. The van der Waals surface area contributed by atoms with Crippen molar-refractivity contribution in [3.8, 4) is 11.5 Å². The van der Waals surface area contributed by atoms with Crippen LogP contribution in [0.15, 0.2) is 12.1 Å². The van der Waals surface area contributed by atoms with Gasteiger partial charge in [0.05, 0.1) is 7.11 Å². The molecule has 0 aliphatic heterocycles. The molecule has 0 radical (unpaired) electrons. The number of benzene rings is 1. The van der Waals surface area contributed by atoms with Gasteiger partial charge in [-0.3, -0.25) is 4.79 Å². The summed E-state index contributed by atoms with van der Waals surface area (Å²) in [5.74, 6) is 2.59. The maximum Gasteiger partial charge on any atom is 0.306 e. The highest BCUT2D eigenvalue weighted by Gasteiger charge is 2.56. The van der Waals surface area contributed by atoms with E-state index in [1.807, 2.05) is 13.0 Å². The maximum atomic E-state index is 12.1. The second-order valence-electron chi connectivity index (χ2n) is 8.99. The van der Waals surface area contributed by atoms with E-state index in [2.05, 4.69) is 13.0 Å². The molecule has 0 spiro atoms. The molecule has 0 saturated heterocycles. The molecule has 4 rings (SSSR count). The zero-order valence-corrected chi connectivity index (χ0v) is 16.8. The van der Waals surface area contributed by atoms with E-state index in [0.717, 1.165) is 38.5 Å². The molecule has 4 nitrogen and oxygen atoms in total. The third-order valence-corrected chi connectivity index (χ3v) is 7.67. The van der Waals surface area contributed by atoms with E-state index in [-0.39, 0.29) is 23.2 Å². The van der Waals surface area contributed by atoms with E-state index in [1.165, 1.54) is 17.5 Å². The molecule has 0 bridgehead atoms. The Morgan fingerprint density at radius 1 is 1.26 bits per heavy atom. The molecule has 1 aromatic rings. The molecular formula is C23H32O4. The third-order valence-electron chi connectivity index (χ3n) is 7.67. The van der Waals surface area contributed by atoms with Crippen LogP contribution in [0, 0.1) is 17.3 Å². The highest BCUT2D eigenvalue weighted by atomic mass is 16.5. The number of carbonyl (C=O) groups is 1. The minimum Gasteiger partial charge on any atom is -0.504 e. The summed E-state index contributed by atoms with van der Waals surface area (Å²) >= 11 is 0. The summed E-state index contributed by atoms with van der Waals surface area (Å²) < 4.78 is 11.3. The van der Waals surface area contributed by atoms with Crippen molar-refractivity contribution in [2.24, 2.45) is 17.3 Å². The average molecular weight is 373 g/mol. The standard InChI is InChI=1S/C23H32O4/c1-4-5-22(25)27-21-9-8-18-16-7-6-14-12-19(24)20(26-3)13-17(14)15(16)10-11-23(18,21)2/h12-13,15-16,18,21,24H,4-11H2,1-3H3/t15?,16?,18?,21-,23-/m0/s1. The number of phenolic OH excluding ortho intramolecular Hbond substituents is 1. The van der Waals surface area contributed by atoms with Gasteiger partial charge in [-0.2, -0.15) is 0 Å². The van der Waals surface area contributed by atoms with Crippen molar-refractivity contribution in [2.75, 3.05) is 7.11 Å². The molecule has 3 aliphatic carbocycles. The molecular weight excluding hydrogens is 340 g/mol. The third kappa shape index (κ3) is 3.01. The van der Waals surface area contributed by atoms with Gasteiger partial charge in [-0.05, 0) is 86.0 Å². The molecule has 3 unspecified atom stereocenters. The summed E-state index contributed by atoms with van der Waals surface area (Å²) in [6.07, 6.45) is 8.03. The van der Waals surface area contributed by atoms with Gasteiger partial charge in [-0.15, -0.1) is 0 Å². The molecule has 148 valence electrons. The smallest absolute Gasteiger partial charge is 0.306 e. The number of hydrogen-bond acceptors (Lipinski definition) is 4. The molecule has 0 heterocycles. The van der Waals surface area contributed by atoms with Gasteiger partial charge in [0, 0.05) is 11.8 Å². The Bertz CT molecular complexity index is 727. The van der Waals surface area contributed by atoms with E-state index < -0.39 is 0 Å². The van der Waals surface area contributed by atoms with Crippen molar-refractivity contribution in [1.29, 1.82) is 0 Å². The quantitative estimate of drug-likeness (QED) is 0.758. The Hall–Kier alpha value is -1.71. The lowest BCUT2D eigenvalue weighted by Crippen LogP contribution is -2.45. The van der Waals surface area contributed by atoms with Gasteiger partial charge in [0.1, 0.15) is 6.10 Å². The van der Waals surface area contributed by atoms with Crippen LogP contribution in [0.3, 0.4) is 0 Å². The monoisotopic (exact) mass is 372 g/mol. The van der Waals surface area contributed by atoms with Gasteiger partial charge in [0.2, 0.25) is 0 Å². The lowest BCUT2D eigenvalue weighted by atomic mass is 9.55. The van der Waals surface area contributed by atoms with E-state index in [0.29, 0.717) is 29.9 Å². The predicted octanol–water partition coefficient (Wildman–Crippen LogP) is 4.97. The van der Waals surface area contributed by atoms with Gasteiger partial charge in [0.15, 0.2) is 11.5 Å². The number of fused-ring (bicyclic) bond motifs is 5. The molecule has 3 aliphatic rings. The van der Waals surface area contributed by atoms with Crippen LogP contribution in [0.1, 0.15) is 75.8 Å². The van der Waals surface area contributed by atoms with Crippen LogP contribution in [-0.4, -0.2) is 24.3 Å². The molecule has 27 heavy (non-hydrogen) atoms. The Morgan fingerprint density at radius 2 is 2.07 bits per heavy atom. The zero-order chi connectivity index (χ0) is 19.2. The normalized spacial score (nSPS) is 34.3. The average Bonchev–Trinajstić information content (AvgIpc) is 2.97. The highest BCUT2D eigenvalue weighted by Crippen LogP contribution is 2.62. The number of carbonyl (C=O) groups excluding carboxylic acids is 1. The lowest BCUT2D eigenvalue weighted by Gasteiger charge is -2.50. The molecule has 2 fully saturated rings. The van der Waals surface area contributed by atoms with Crippen molar-refractivity contribution in [2.45, 2.75) is 77.2 Å². The van der Waals surface area contributed by atoms with Crippen LogP contribution in [0.25, 0.3) is 0 Å². The SMILES string of the molecule is CCCC(=O)O[C@H]1CCC2C3CCc4cc(O)c(OC)cc4C3CC[C@@]21C. The summed E-state index contributed by atoms with van der Waals surface area (Å²) in [5, 5.41) is 10.1.